The van der Waals surface area contributed by atoms with Gasteiger partial charge in [0.05, 0.1) is 5.70 Å². The molecule has 0 atom stereocenters. The molecule has 8 aromatic carbocycles. The molecule has 0 saturated heterocycles. The van der Waals surface area contributed by atoms with Crippen molar-refractivity contribution in [2.75, 3.05) is 0 Å². The Bertz CT molecular complexity index is 3110. The van der Waals surface area contributed by atoms with Crippen LogP contribution in [0.2, 0.25) is 0 Å². The molecule has 10 aromatic rings. The van der Waals surface area contributed by atoms with Crippen LogP contribution in [0.1, 0.15) is 22.5 Å². The van der Waals surface area contributed by atoms with Crippen molar-refractivity contribution in [3.05, 3.63) is 187 Å². The summed E-state index contributed by atoms with van der Waals surface area (Å²) in [5.74, 6) is 0.354. The van der Waals surface area contributed by atoms with Gasteiger partial charge < -0.3 is 8.83 Å². The van der Waals surface area contributed by atoms with Crippen LogP contribution in [0.4, 0.5) is 4.39 Å². The topological polar surface area (TPSA) is 38.6 Å². The molecule has 0 aliphatic rings. The number of rotatable bonds is 5. The van der Waals surface area contributed by atoms with E-state index in [0.29, 0.717) is 28.3 Å². The number of para-hydroxylation sites is 1. The third-order valence-corrected chi connectivity index (χ3v) is 10.3. The van der Waals surface area contributed by atoms with Crippen LogP contribution in [0.15, 0.2) is 172 Å². The lowest BCUT2D eigenvalue weighted by Crippen LogP contribution is -2.05. The summed E-state index contributed by atoms with van der Waals surface area (Å²) in [4.78, 5) is 5.19. The lowest BCUT2D eigenvalue weighted by molar-refractivity contribution is 0.602. The number of halogens is 1. The van der Waals surface area contributed by atoms with Gasteiger partial charge in [-0.3, -0.25) is 0 Å². The Morgan fingerprint density at radius 1 is 0.538 bits per heavy atom. The number of hydrogen-bond donors (Lipinski definition) is 0. The summed E-state index contributed by atoms with van der Waals surface area (Å²) in [5.41, 5.74) is 7.52. The fourth-order valence-corrected chi connectivity index (χ4v) is 7.80. The second-order valence-electron chi connectivity index (χ2n) is 13.3. The van der Waals surface area contributed by atoms with Crippen LogP contribution in [-0.2, 0) is 0 Å². The molecule has 0 aliphatic carbocycles. The van der Waals surface area contributed by atoms with E-state index in [2.05, 4.69) is 49.0 Å². The highest BCUT2D eigenvalue weighted by molar-refractivity contribution is 6.27. The zero-order valence-electron chi connectivity index (χ0n) is 28.3. The maximum Gasteiger partial charge on any atom is 0.157 e. The Morgan fingerprint density at radius 3 is 1.87 bits per heavy atom. The third-order valence-electron chi connectivity index (χ3n) is 10.3. The minimum absolute atomic E-state index is 0.270. The molecule has 0 amide bonds. The first-order chi connectivity index (χ1) is 25.5. The highest BCUT2D eigenvalue weighted by atomic mass is 19.1. The third kappa shape index (κ3) is 4.61. The second-order valence-corrected chi connectivity index (χ2v) is 13.3. The van der Waals surface area contributed by atoms with Crippen LogP contribution in [-0.4, -0.2) is 5.71 Å². The smallest absolute Gasteiger partial charge is 0.157 e. The van der Waals surface area contributed by atoms with Gasteiger partial charge in [-0.25, -0.2) is 9.38 Å². The van der Waals surface area contributed by atoms with Gasteiger partial charge >= 0.3 is 0 Å². The largest absolute Gasteiger partial charge is 0.456 e. The molecule has 0 spiro atoms. The number of fused-ring (bicyclic) bond motifs is 10. The number of furan rings is 2. The van der Waals surface area contributed by atoms with Gasteiger partial charge in [-0.05, 0) is 86.8 Å². The highest BCUT2D eigenvalue weighted by Gasteiger charge is 2.23. The summed E-state index contributed by atoms with van der Waals surface area (Å²) >= 11 is 0. The Hall–Kier alpha value is -6.78. The van der Waals surface area contributed by atoms with E-state index < -0.39 is 0 Å². The van der Waals surface area contributed by atoms with E-state index in [-0.39, 0.29) is 5.82 Å². The second kappa shape index (κ2) is 11.6. The molecule has 2 heterocycles. The van der Waals surface area contributed by atoms with Crippen molar-refractivity contribution >= 4 is 76.6 Å². The van der Waals surface area contributed by atoms with Gasteiger partial charge in [0.1, 0.15) is 28.3 Å². The van der Waals surface area contributed by atoms with Gasteiger partial charge in [-0.2, -0.15) is 0 Å². The van der Waals surface area contributed by atoms with Crippen LogP contribution in [0.3, 0.4) is 0 Å². The summed E-state index contributed by atoms with van der Waals surface area (Å²) < 4.78 is 29.2. The van der Waals surface area contributed by atoms with Gasteiger partial charge in [-0.15, -0.1) is 0 Å². The lowest BCUT2D eigenvalue weighted by atomic mass is 9.91. The van der Waals surface area contributed by atoms with Crippen LogP contribution in [0, 0.1) is 12.7 Å². The molecular formula is C48H30FNO2. The molecule has 0 bridgehead atoms. The average molecular weight is 672 g/mol. The van der Waals surface area contributed by atoms with Crippen LogP contribution in [0.5, 0.6) is 0 Å². The maximum absolute atomic E-state index is 16.3. The van der Waals surface area contributed by atoms with Crippen LogP contribution < -0.4 is 0 Å². The van der Waals surface area contributed by atoms with E-state index >= 15 is 4.39 Å². The van der Waals surface area contributed by atoms with Crippen molar-refractivity contribution in [2.24, 2.45) is 4.99 Å². The molecule has 2 aromatic heterocycles. The minimum Gasteiger partial charge on any atom is -0.456 e. The SMILES string of the molecule is C=C(N=C(c1oc2ccc(-c3cc4c5ccccc5c5ccccc5c4cc3F)cc2c1C)c1cccc2oc3ccccc3c12)c1ccccc1. The number of benzene rings is 8. The fourth-order valence-electron chi connectivity index (χ4n) is 7.80. The number of hydrogen-bond acceptors (Lipinski definition) is 3. The summed E-state index contributed by atoms with van der Waals surface area (Å²) in [6.07, 6.45) is 0. The predicted molar refractivity (Wildman–Crippen MR) is 214 cm³/mol. The fraction of sp³-hybridized carbons (Fsp3) is 0.0208. The molecule has 0 aliphatic heterocycles. The van der Waals surface area contributed by atoms with Crippen molar-refractivity contribution in [3.63, 3.8) is 0 Å². The molecule has 0 saturated carbocycles. The zero-order valence-corrected chi connectivity index (χ0v) is 28.3. The van der Waals surface area contributed by atoms with Crippen LogP contribution >= 0.6 is 0 Å². The molecule has 0 fully saturated rings. The average Bonchev–Trinajstić information content (AvgIpc) is 3.74. The maximum atomic E-state index is 16.3. The number of aryl methyl sites for hydroxylation is 1. The zero-order chi connectivity index (χ0) is 34.9. The van der Waals surface area contributed by atoms with Crippen molar-refractivity contribution < 1.29 is 13.2 Å². The molecule has 4 heteroatoms. The van der Waals surface area contributed by atoms with Crippen molar-refractivity contribution in [3.8, 4) is 11.1 Å². The van der Waals surface area contributed by atoms with Gasteiger partial charge in [-0.1, -0.05) is 122 Å². The molecule has 10 rings (SSSR count). The van der Waals surface area contributed by atoms with Gasteiger partial charge in [0.2, 0.25) is 0 Å². The van der Waals surface area contributed by atoms with E-state index in [1.807, 2.05) is 110 Å². The van der Waals surface area contributed by atoms with E-state index in [4.69, 9.17) is 13.8 Å². The van der Waals surface area contributed by atoms with Gasteiger partial charge in [0, 0.05) is 32.8 Å². The summed E-state index contributed by atoms with van der Waals surface area (Å²) in [7, 11) is 0. The van der Waals surface area contributed by atoms with Gasteiger partial charge in [0.25, 0.3) is 0 Å². The van der Waals surface area contributed by atoms with Crippen molar-refractivity contribution in [1.29, 1.82) is 0 Å². The quantitative estimate of drug-likeness (QED) is 0.135. The predicted octanol–water partition coefficient (Wildman–Crippen LogP) is 13.4. The Kier molecular flexibility index (Phi) is 6.74. The molecule has 0 unspecified atom stereocenters. The Morgan fingerprint density at radius 2 is 1.13 bits per heavy atom. The van der Waals surface area contributed by atoms with E-state index in [1.165, 1.54) is 0 Å². The molecule has 52 heavy (non-hydrogen) atoms. The van der Waals surface area contributed by atoms with Crippen LogP contribution in [0.25, 0.3) is 82.0 Å². The summed E-state index contributed by atoms with van der Waals surface area (Å²) in [6, 6.07) is 50.1. The van der Waals surface area contributed by atoms with E-state index in [9.17, 15) is 0 Å². The normalized spacial score (nSPS) is 12.2. The van der Waals surface area contributed by atoms with Crippen molar-refractivity contribution in [1.82, 2.24) is 0 Å². The summed E-state index contributed by atoms with van der Waals surface area (Å²) in [6.45, 7) is 6.40. The van der Waals surface area contributed by atoms with E-state index in [1.54, 1.807) is 6.07 Å². The Balaban J connectivity index is 1.18. The molecule has 246 valence electrons. The first kappa shape index (κ1) is 30.1. The first-order valence-corrected chi connectivity index (χ1v) is 17.3. The Labute approximate surface area is 298 Å². The number of aliphatic imine (C=N–C) groups is 1. The van der Waals surface area contributed by atoms with Crippen molar-refractivity contribution in [2.45, 2.75) is 6.92 Å². The molecule has 0 radical (unpaired) electrons. The van der Waals surface area contributed by atoms with E-state index in [0.717, 1.165) is 81.9 Å². The highest BCUT2D eigenvalue weighted by Crippen LogP contribution is 2.40. The molecular weight excluding hydrogens is 642 g/mol. The molecule has 3 nitrogen and oxygen atoms in total. The van der Waals surface area contributed by atoms with Gasteiger partial charge in [0.15, 0.2) is 5.76 Å². The monoisotopic (exact) mass is 671 g/mol. The number of nitrogens with zero attached hydrogens (tertiary/aromatic N) is 1. The standard InChI is InChI=1S/C48H30FNO2/c1-28-38-25-31(39-26-40-34-17-8-6-15-32(34)33-16-7-9-18-35(33)41(40)27-42(39)49)23-24-44(38)52-48(28)47(50-29(2)30-13-4-3-5-14-30)37-20-12-22-45-46(37)36-19-10-11-21-43(36)51-45/h3-27H,2H2,1H3. The lowest BCUT2D eigenvalue weighted by Gasteiger charge is -2.13. The minimum atomic E-state index is -0.270. The first-order valence-electron chi connectivity index (χ1n) is 17.3. The summed E-state index contributed by atoms with van der Waals surface area (Å²) in [5, 5.41) is 9.16. The molecule has 0 N–H and O–H groups in total.